The molecule has 0 bridgehead atoms. The van der Waals surface area contributed by atoms with E-state index in [2.05, 4.69) is 16.0 Å². The summed E-state index contributed by atoms with van der Waals surface area (Å²) in [7, 11) is 0. The largest absolute Gasteiger partial charge is 0.480 e. The lowest BCUT2D eigenvalue weighted by molar-refractivity contribution is -0.142. The van der Waals surface area contributed by atoms with E-state index in [4.69, 9.17) is 11.5 Å². The Morgan fingerprint density at radius 2 is 1.60 bits per heavy atom. The van der Waals surface area contributed by atoms with E-state index < -0.39 is 41.9 Å². The number of hydrogen-bond acceptors (Lipinski definition) is 5. The van der Waals surface area contributed by atoms with E-state index in [0.717, 1.165) is 5.56 Å². The van der Waals surface area contributed by atoms with Crippen molar-refractivity contribution in [1.29, 1.82) is 0 Å². The maximum Gasteiger partial charge on any atom is 0.326 e. The zero-order valence-corrected chi connectivity index (χ0v) is 17.3. The number of primary amides is 1. The average molecular weight is 421 g/mol. The Kier molecular flexibility index (Phi) is 10.3. The van der Waals surface area contributed by atoms with Gasteiger partial charge < -0.3 is 32.5 Å². The molecule has 10 heteroatoms. The van der Waals surface area contributed by atoms with Gasteiger partial charge in [0, 0.05) is 13.0 Å². The number of amides is 4. The lowest BCUT2D eigenvalue weighted by Gasteiger charge is -2.24. The topological polar surface area (TPSA) is 177 Å². The summed E-state index contributed by atoms with van der Waals surface area (Å²) in [6, 6.07) is 5.36. The molecule has 1 aromatic carbocycles. The first-order valence-corrected chi connectivity index (χ1v) is 9.78. The number of nitrogens with one attached hydrogen (secondary N) is 3. The summed E-state index contributed by atoms with van der Waals surface area (Å²) in [5, 5.41) is 16.9. The van der Waals surface area contributed by atoms with E-state index in [1.807, 2.05) is 6.07 Å². The molecule has 1 rings (SSSR count). The van der Waals surface area contributed by atoms with E-state index in [1.165, 1.54) is 0 Å². The fraction of sp³-hybridized carbons (Fsp3) is 0.500. The average Bonchev–Trinajstić information content (AvgIpc) is 2.69. The minimum atomic E-state index is -1.22. The molecule has 0 unspecified atom stereocenters. The highest BCUT2D eigenvalue weighted by atomic mass is 16.4. The van der Waals surface area contributed by atoms with Crippen molar-refractivity contribution in [2.24, 2.45) is 17.4 Å². The van der Waals surface area contributed by atoms with Crippen LogP contribution < -0.4 is 27.4 Å². The van der Waals surface area contributed by atoms with Crippen LogP contribution in [0.5, 0.6) is 0 Å². The highest BCUT2D eigenvalue weighted by molar-refractivity contribution is 5.92. The van der Waals surface area contributed by atoms with Gasteiger partial charge in [0.25, 0.3) is 0 Å². The number of carbonyl (C=O) groups is 4. The molecule has 30 heavy (non-hydrogen) atoms. The number of carboxylic acid groups (broad SMARTS) is 1. The molecular formula is C20H31N5O5. The number of nitrogens with two attached hydrogens (primary N) is 2. The van der Waals surface area contributed by atoms with Gasteiger partial charge in [0.15, 0.2) is 0 Å². The molecule has 0 saturated heterocycles. The van der Waals surface area contributed by atoms with Crippen molar-refractivity contribution < 1.29 is 24.3 Å². The van der Waals surface area contributed by atoms with Crippen molar-refractivity contribution in [3.63, 3.8) is 0 Å². The minimum Gasteiger partial charge on any atom is -0.480 e. The highest BCUT2D eigenvalue weighted by Crippen LogP contribution is 2.07. The van der Waals surface area contributed by atoms with Crippen molar-refractivity contribution in [3.8, 4) is 0 Å². The number of benzene rings is 1. The summed E-state index contributed by atoms with van der Waals surface area (Å²) in [5.41, 5.74) is 11.6. The summed E-state index contributed by atoms with van der Waals surface area (Å²) < 4.78 is 0. The molecule has 0 heterocycles. The smallest absolute Gasteiger partial charge is 0.326 e. The van der Waals surface area contributed by atoms with Gasteiger partial charge in [-0.15, -0.1) is 0 Å². The Morgan fingerprint density at radius 3 is 2.13 bits per heavy atom. The minimum absolute atomic E-state index is 0.0822. The first-order valence-electron chi connectivity index (χ1n) is 9.78. The van der Waals surface area contributed by atoms with Gasteiger partial charge in [-0.1, -0.05) is 44.2 Å². The number of urea groups is 1. The van der Waals surface area contributed by atoms with Gasteiger partial charge in [-0.25, -0.2) is 9.59 Å². The standard InChI is InChI=1S/C20H31N5O5/c1-12(2)16(21)18(27)25-15(11-13-7-4-3-5-8-13)17(26)24-14(19(28)29)9-6-10-23-20(22)30/h3-5,7-8,12,14-16H,6,9-11,21H2,1-2H3,(H,24,26)(H,25,27)(H,28,29)(H3,22,23,30)/t14-,15-,16-/m0/s1. The molecule has 166 valence electrons. The molecule has 0 aromatic heterocycles. The van der Waals surface area contributed by atoms with Gasteiger partial charge in [0.1, 0.15) is 12.1 Å². The molecule has 3 atom stereocenters. The van der Waals surface area contributed by atoms with Crippen molar-refractivity contribution in [2.75, 3.05) is 6.54 Å². The van der Waals surface area contributed by atoms with Crippen LogP contribution in [0.4, 0.5) is 4.79 Å². The molecule has 0 spiro atoms. The predicted molar refractivity (Wildman–Crippen MR) is 111 cm³/mol. The van der Waals surface area contributed by atoms with Crippen molar-refractivity contribution >= 4 is 23.8 Å². The molecular weight excluding hydrogens is 390 g/mol. The van der Waals surface area contributed by atoms with Crippen molar-refractivity contribution in [1.82, 2.24) is 16.0 Å². The first kappa shape index (κ1) is 24.9. The van der Waals surface area contributed by atoms with Crippen LogP contribution in [0.15, 0.2) is 30.3 Å². The number of hydrogen-bond donors (Lipinski definition) is 6. The fourth-order valence-corrected chi connectivity index (χ4v) is 2.68. The summed E-state index contributed by atoms with van der Waals surface area (Å²) >= 11 is 0. The molecule has 1 aromatic rings. The molecule has 8 N–H and O–H groups in total. The van der Waals surface area contributed by atoms with Crippen LogP contribution in [-0.4, -0.2) is 53.6 Å². The number of aliphatic carboxylic acids is 1. The highest BCUT2D eigenvalue weighted by Gasteiger charge is 2.28. The van der Waals surface area contributed by atoms with Crippen LogP contribution >= 0.6 is 0 Å². The molecule has 0 aliphatic rings. The molecule has 0 radical (unpaired) electrons. The van der Waals surface area contributed by atoms with Gasteiger partial charge in [-0.3, -0.25) is 9.59 Å². The Bertz CT molecular complexity index is 726. The van der Waals surface area contributed by atoms with Crippen molar-refractivity contribution in [2.45, 2.75) is 51.2 Å². The second-order valence-corrected chi connectivity index (χ2v) is 7.35. The second-order valence-electron chi connectivity index (χ2n) is 7.35. The monoisotopic (exact) mass is 421 g/mol. The molecule has 0 aliphatic carbocycles. The van der Waals surface area contributed by atoms with Gasteiger partial charge in [0.05, 0.1) is 6.04 Å². The first-order chi connectivity index (χ1) is 14.1. The second kappa shape index (κ2) is 12.4. The maximum atomic E-state index is 12.8. The SMILES string of the molecule is CC(C)[C@H](N)C(=O)N[C@@H](Cc1ccccc1)C(=O)N[C@@H](CCCNC(N)=O)C(=O)O. The quantitative estimate of drug-likeness (QED) is 0.253. The van der Waals surface area contributed by atoms with Gasteiger partial charge >= 0.3 is 12.0 Å². The summed E-state index contributed by atoms with van der Waals surface area (Å²) in [6.45, 7) is 3.76. The number of carbonyl (C=O) groups excluding carboxylic acids is 3. The summed E-state index contributed by atoms with van der Waals surface area (Å²) in [4.78, 5) is 47.4. The number of rotatable bonds is 12. The van der Waals surface area contributed by atoms with Crippen LogP contribution in [0.1, 0.15) is 32.3 Å². The van der Waals surface area contributed by atoms with Gasteiger partial charge in [0.2, 0.25) is 11.8 Å². The maximum absolute atomic E-state index is 12.8. The Balaban J connectivity index is 2.86. The predicted octanol–water partition coefficient (Wildman–Crippen LogP) is -0.285. The lowest BCUT2D eigenvalue weighted by atomic mass is 10.0. The Hall–Kier alpha value is -3.14. The molecule has 4 amide bonds. The zero-order chi connectivity index (χ0) is 22.7. The van der Waals surface area contributed by atoms with E-state index in [1.54, 1.807) is 38.1 Å². The van der Waals surface area contributed by atoms with Gasteiger partial charge in [-0.2, -0.15) is 0 Å². The molecule has 0 saturated carbocycles. The van der Waals surface area contributed by atoms with E-state index in [9.17, 15) is 24.3 Å². The van der Waals surface area contributed by atoms with Crippen LogP contribution in [0.2, 0.25) is 0 Å². The summed E-state index contributed by atoms with van der Waals surface area (Å²) in [5.74, 6) is -2.46. The third kappa shape index (κ3) is 8.91. The van der Waals surface area contributed by atoms with Crippen LogP contribution in [0, 0.1) is 5.92 Å². The third-order valence-corrected chi connectivity index (χ3v) is 4.52. The lowest BCUT2D eigenvalue weighted by Crippen LogP contribution is -2.56. The van der Waals surface area contributed by atoms with Crippen LogP contribution in [0.3, 0.4) is 0 Å². The van der Waals surface area contributed by atoms with E-state index in [-0.39, 0.29) is 25.3 Å². The Morgan fingerprint density at radius 1 is 1.00 bits per heavy atom. The van der Waals surface area contributed by atoms with E-state index in [0.29, 0.717) is 6.42 Å². The van der Waals surface area contributed by atoms with Crippen LogP contribution in [0.25, 0.3) is 0 Å². The van der Waals surface area contributed by atoms with Crippen LogP contribution in [-0.2, 0) is 20.8 Å². The third-order valence-electron chi connectivity index (χ3n) is 4.52. The zero-order valence-electron chi connectivity index (χ0n) is 17.3. The molecule has 0 aliphatic heterocycles. The normalized spacial score (nSPS) is 13.7. The van der Waals surface area contributed by atoms with Gasteiger partial charge in [-0.05, 0) is 24.3 Å². The molecule has 10 nitrogen and oxygen atoms in total. The van der Waals surface area contributed by atoms with E-state index >= 15 is 0 Å². The fourth-order valence-electron chi connectivity index (χ4n) is 2.68. The summed E-state index contributed by atoms with van der Waals surface area (Å²) in [6.07, 6.45) is 0.561. The molecule has 0 fully saturated rings. The van der Waals surface area contributed by atoms with Crippen molar-refractivity contribution in [3.05, 3.63) is 35.9 Å². The Labute approximate surface area is 175 Å². The number of carboxylic acids is 1.